The summed E-state index contributed by atoms with van der Waals surface area (Å²) in [4.78, 5) is 23.1. The zero-order valence-electron chi connectivity index (χ0n) is 9.50. The molecule has 0 aliphatic carbocycles. The second-order valence-corrected chi connectivity index (χ2v) is 3.83. The van der Waals surface area contributed by atoms with Gasteiger partial charge in [0.05, 0.1) is 29.7 Å². The SMILES string of the molecule is COC(=O)C1=C(CF)NC2=C(C(=O)OC2)[C@H]1C. The number of alkyl halides is 1. The summed E-state index contributed by atoms with van der Waals surface area (Å²) in [6.45, 7) is 0.931. The molecule has 92 valence electrons. The molecule has 17 heavy (non-hydrogen) atoms. The van der Waals surface area contributed by atoms with E-state index < -0.39 is 24.5 Å². The van der Waals surface area contributed by atoms with Crippen LogP contribution in [0.15, 0.2) is 22.5 Å². The van der Waals surface area contributed by atoms with Crippen LogP contribution in [0.25, 0.3) is 0 Å². The van der Waals surface area contributed by atoms with E-state index in [2.05, 4.69) is 10.1 Å². The van der Waals surface area contributed by atoms with Crippen LogP contribution in [0.3, 0.4) is 0 Å². The molecule has 2 rings (SSSR count). The van der Waals surface area contributed by atoms with Crippen molar-refractivity contribution < 1.29 is 23.5 Å². The summed E-state index contributed by atoms with van der Waals surface area (Å²) in [5.74, 6) is -1.62. The van der Waals surface area contributed by atoms with Crippen molar-refractivity contribution in [3.05, 3.63) is 22.5 Å². The number of hydrogen-bond donors (Lipinski definition) is 1. The summed E-state index contributed by atoms with van der Waals surface area (Å²) < 4.78 is 22.3. The Balaban J connectivity index is 2.42. The zero-order chi connectivity index (χ0) is 12.6. The van der Waals surface area contributed by atoms with E-state index in [0.717, 1.165) is 0 Å². The number of nitrogens with one attached hydrogen (secondary N) is 1. The number of methoxy groups -OCH3 is 1. The van der Waals surface area contributed by atoms with Gasteiger partial charge < -0.3 is 14.8 Å². The first-order valence-electron chi connectivity index (χ1n) is 5.14. The predicted octanol–water partition coefficient (Wildman–Crippen LogP) is 0.433. The molecule has 0 bridgehead atoms. The number of dihydropyridines is 1. The number of carbonyl (C=O) groups excluding carboxylic acids is 2. The second kappa shape index (κ2) is 4.20. The van der Waals surface area contributed by atoms with Gasteiger partial charge in [-0.1, -0.05) is 6.92 Å². The van der Waals surface area contributed by atoms with E-state index in [1.165, 1.54) is 7.11 Å². The molecule has 0 radical (unpaired) electrons. The molecule has 0 saturated heterocycles. The number of allylic oxidation sites excluding steroid dienone is 1. The van der Waals surface area contributed by atoms with Crippen LogP contribution >= 0.6 is 0 Å². The van der Waals surface area contributed by atoms with Gasteiger partial charge >= 0.3 is 11.9 Å². The fourth-order valence-corrected chi connectivity index (χ4v) is 2.13. The highest BCUT2D eigenvalue weighted by molar-refractivity contribution is 5.99. The van der Waals surface area contributed by atoms with Crippen molar-refractivity contribution in [1.82, 2.24) is 5.32 Å². The number of ether oxygens (including phenoxy) is 2. The van der Waals surface area contributed by atoms with Gasteiger partial charge in [-0.2, -0.15) is 0 Å². The van der Waals surface area contributed by atoms with Crippen LogP contribution in [0.1, 0.15) is 6.92 Å². The number of carbonyl (C=O) groups is 2. The van der Waals surface area contributed by atoms with Crippen LogP contribution in [0.5, 0.6) is 0 Å². The first-order chi connectivity index (χ1) is 8.10. The van der Waals surface area contributed by atoms with E-state index in [0.29, 0.717) is 11.3 Å². The molecule has 2 aliphatic rings. The molecule has 0 aromatic carbocycles. The fraction of sp³-hybridized carbons (Fsp3) is 0.455. The molecule has 0 aromatic heterocycles. The summed E-state index contributed by atoms with van der Waals surface area (Å²) >= 11 is 0. The van der Waals surface area contributed by atoms with E-state index in [-0.39, 0.29) is 17.9 Å². The topological polar surface area (TPSA) is 64.6 Å². The Bertz CT molecular complexity index is 452. The molecular formula is C11H12FNO4. The Morgan fingerprint density at radius 2 is 2.35 bits per heavy atom. The molecule has 0 fully saturated rings. The molecule has 6 heteroatoms. The lowest BCUT2D eigenvalue weighted by atomic mass is 9.87. The van der Waals surface area contributed by atoms with E-state index in [9.17, 15) is 14.0 Å². The third-order valence-electron chi connectivity index (χ3n) is 2.92. The minimum absolute atomic E-state index is 0.0937. The monoisotopic (exact) mass is 241 g/mol. The summed E-state index contributed by atoms with van der Waals surface area (Å²) in [6, 6.07) is 0. The van der Waals surface area contributed by atoms with E-state index in [4.69, 9.17) is 4.74 Å². The molecule has 0 spiro atoms. The van der Waals surface area contributed by atoms with Crippen molar-refractivity contribution in [2.75, 3.05) is 20.4 Å². The molecule has 1 N–H and O–H groups in total. The molecule has 2 aliphatic heterocycles. The number of hydrogen-bond acceptors (Lipinski definition) is 5. The van der Waals surface area contributed by atoms with Crippen LogP contribution in [0, 0.1) is 5.92 Å². The lowest BCUT2D eigenvalue weighted by Crippen LogP contribution is -2.31. The van der Waals surface area contributed by atoms with Gasteiger partial charge in [0.2, 0.25) is 0 Å². The summed E-state index contributed by atoms with van der Waals surface area (Å²) in [7, 11) is 1.22. The number of esters is 2. The minimum atomic E-state index is -0.820. The first-order valence-corrected chi connectivity index (χ1v) is 5.14. The highest BCUT2D eigenvalue weighted by atomic mass is 19.1. The Hall–Kier alpha value is -1.85. The standard InChI is InChI=1S/C11H12FNO4/c1-5-8(10(14)16-2)6(3-12)13-7-4-17-11(15)9(5)7/h5,13H,3-4H2,1-2H3/t5-/m0/s1. The molecule has 0 amide bonds. The van der Waals surface area contributed by atoms with Gasteiger partial charge in [-0.3, -0.25) is 0 Å². The molecule has 2 heterocycles. The van der Waals surface area contributed by atoms with Crippen molar-refractivity contribution >= 4 is 11.9 Å². The summed E-state index contributed by atoms with van der Waals surface area (Å²) in [5.41, 5.74) is 1.19. The van der Waals surface area contributed by atoms with Gasteiger partial charge in [0, 0.05) is 5.92 Å². The fourth-order valence-electron chi connectivity index (χ4n) is 2.13. The Labute approximate surface area is 97.3 Å². The van der Waals surface area contributed by atoms with Crippen LogP contribution in [0.4, 0.5) is 4.39 Å². The number of cyclic esters (lactones) is 1. The maximum absolute atomic E-state index is 12.9. The molecule has 0 saturated carbocycles. The van der Waals surface area contributed by atoms with Gasteiger partial charge in [-0.25, -0.2) is 14.0 Å². The Morgan fingerprint density at radius 1 is 1.65 bits per heavy atom. The number of rotatable bonds is 2. The van der Waals surface area contributed by atoms with Gasteiger partial charge in [0.15, 0.2) is 0 Å². The van der Waals surface area contributed by atoms with Gasteiger partial charge in [-0.05, 0) is 0 Å². The first kappa shape index (κ1) is 11.6. The van der Waals surface area contributed by atoms with Crippen LogP contribution in [-0.2, 0) is 19.1 Å². The highest BCUT2D eigenvalue weighted by Crippen LogP contribution is 2.33. The lowest BCUT2D eigenvalue weighted by Gasteiger charge is -2.24. The third kappa shape index (κ3) is 1.69. The van der Waals surface area contributed by atoms with Crippen LogP contribution in [0.2, 0.25) is 0 Å². The average Bonchev–Trinajstić information content (AvgIpc) is 2.70. The summed E-state index contributed by atoms with van der Waals surface area (Å²) in [5, 5.41) is 2.73. The minimum Gasteiger partial charge on any atom is -0.466 e. The molecular weight excluding hydrogens is 229 g/mol. The molecule has 5 nitrogen and oxygen atoms in total. The molecule has 1 atom stereocenters. The normalized spacial score (nSPS) is 23.2. The lowest BCUT2D eigenvalue weighted by molar-refractivity contribution is -0.137. The van der Waals surface area contributed by atoms with Crippen molar-refractivity contribution in [1.29, 1.82) is 0 Å². The highest BCUT2D eigenvalue weighted by Gasteiger charge is 2.39. The van der Waals surface area contributed by atoms with Crippen LogP contribution < -0.4 is 5.32 Å². The van der Waals surface area contributed by atoms with Crippen molar-refractivity contribution in [3.63, 3.8) is 0 Å². The van der Waals surface area contributed by atoms with Crippen LogP contribution in [-0.4, -0.2) is 32.3 Å². The van der Waals surface area contributed by atoms with Gasteiger partial charge in [0.1, 0.15) is 13.3 Å². The Kier molecular flexibility index (Phi) is 2.87. The largest absolute Gasteiger partial charge is 0.466 e. The molecule has 0 unspecified atom stereocenters. The Morgan fingerprint density at radius 3 is 2.94 bits per heavy atom. The zero-order valence-corrected chi connectivity index (χ0v) is 9.50. The van der Waals surface area contributed by atoms with Crippen molar-refractivity contribution in [2.24, 2.45) is 5.92 Å². The van der Waals surface area contributed by atoms with Gasteiger partial charge in [0.25, 0.3) is 0 Å². The number of halogens is 1. The van der Waals surface area contributed by atoms with Crippen molar-refractivity contribution in [3.8, 4) is 0 Å². The maximum Gasteiger partial charge on any atom is 0.336 e. The molecule has 0 aromatic rings. The van der Waals surface area contributed by atoms with Gasteiger partial charge in [-0.15, -0.1) is 0 Å². The third-order valence-corrected chi connectivity index (χ3v) is 2.92. The van der Waals surface area contributed by atoms with E-state index in [1.54, 1.807) is 6.92 Å². The van der Waals surface area contributed by atoms with E-state index in [1.807, 2.05) is 0 Å². The predicted molar refractivity (Wildman–Crippen MR) is 55.3 cm³/mol. The quantitative estimate of drug-likeness (QED) is 0.710. The van der Waals surface area contributed by atoms with E-state index >= 15 is 0 Å². The maximum atomic E-state index is 12.9. The average molecular weight is 241 g/mol. The summed E-state index contributed by atoms with van der Waals surface area (Å²) in [6.07, 6.45) is 0. The second-order valence-electron chi connectivity index (χ2n) is 3.83. The van der Waals surface area contributed by atoms with Crippen molar-refractivity contribution in [2.45, 2.75) is 6.92 Å². The smallest absolute Gasteiger partial charge is 0.336 e.